The third kappa shape index (κ3) is 6.82. The van der Waals surface area contributed by atoms with E-state index in [0.717, 1.165) is 57.8 Å². The Morgan fingerprint density at radius 1 is 1.27 bits per heavy atom. The molecule has 2 N–H and O–H groups in total. The zero-order valence-corrected chi connectivity index (χ0v) is 21.8. The van der Waals surface area contributed by atoms with E-state index in [1.54, 1.807) is 4.90 Å². The Morgan fingerprint density at radius 3 is 2.53 bits per heavy atom. The lowest BCUT2D eigenvalue weighted by atomic mass is 9.84. The van der Waals surface area contributed by atoms with Gasteiger partial charge in [-0.15, -0.1) is 35.3 Å². The number of aliphatic imine (C=N–C) groups is 1. The highest BCUT2D eigenvalue weighted by atomic mass is 127. The summed E-state index contributed by atoms with van der Waals surface area (Å²) in [7, 11) is 5.54. The molecule has 2 aliphatic rings. The lowest BCUT2D eigenvalue weighted by molar-refractivity contribution is -0.138. The van der Waals surface area contributed by atoms with E-state index in [2.05, 4.69) is 38.0 Å². The van der Waals surface area contributed by atoms with Crippen LogP contribution in [0, 0.1) is 11.3 Å². The van der Waals surface area contributed by atoms with Crippen molar-refractivity contribution in [1.82, 2.24) is 20.4 Å². The largest absolute Gasteiger partial charge is 0.356 e. The lowest BCUT2D eigenvalue weighted by Gasteiger charge is -2.33. The van der Waals surface area contributed by atoms with Crippen LogP contribution in [0.3, 0.4) is 0 Å². The molecule has 0 bridgehead atoms. The van der Waals surface area contributed by atoms with E-state index in [1.807, 2.05) is 32.5 Å². The summed E-state index contributed by atoms with van der Waals surface area (Å²) in [5, 5.41) is 9.11. The van der Waals surface area contributed by atoms with Gasteiger partial charge >= 0.3 is 0 Å². The van der Waals surface area contributed by atoms with Gasteiger partial charge in [0.25, 0.3) is 0 Å². The van der Waals surface area contributed by atoms with Gasteiger partial charge in [0.1, 0.15) is 0 Å². The standard InChI is InChI=1S/C22H37N5OS.HI/c1-23-21(25-17-22(10-4-5-11-22)20(28)26(2)3)24-15-18-8-12-27(13-9-18)16-19-7-6-14-29-19;/h6-7,14,18H,4-5,8-13,15-17H2,1-3H3,(H2,23,24,25);1H. The quantitative estimate of drug-likeness (QED) is 0.312. The maximum absolute atomic E-state index is 12.7. The SMILES string of the molecule is CN=C(NCC1CCN(Cc2cccs2)CC1)NCC1(C(=O)N(C)C)CCCC1.I. The van der Waals surface area contributed by atoms with Gasteiger partial charge in [0.2, 0.25) is 5.91 Å². The predicted molar refractivity (Wildman–Crippen MR) is 137 cm³/mol. The zero-order chi connectivity index (χ0) is 20.7. The number of guanidine groups is 1. The van der Waals surface area contributed by atoms with Gasteiger partial charge in [-0.05, 0) is 56.1 Å². The number of halogens is 1. The molecule has 1 aliphatic heterocycles. The average Bonchev–Trinajstić information content (AvgIpc) is 3.41. The van der Waals surface area contributed by atoms with Crippen LogP contribution in [-0.2, 0) is 11.3 Å². The first-order valence-electron chi connectivity index (χ1n) is 10.9. The Labute approximate surface area is 202 Å². The minimum atomic E-state index is -0.270. The molecular weight excluding hydrogens is 509 g/mol. The van der Waals surface area contributed by atoms with Crippen molar-refractivity contribution < 1.29 is 4.79 Å². The molecule has 0 unspecified atom stereocenters. The Bertz CT molecular complexity index is 665. The molecule has 1 aromatic rings. The summed E-state index contributed by atoms with van der Waals surface area (Å²) in [5.41, 5.74) is -0.270. The maximum Gasteiger partial charge on any atom is 0.230 e. The number of nitrogens with zero attached hydrogens (tertiary/aromatic N) is 3. The molecule has 1 aromatic heterocycles. The van der Waals surface area contributed by atoms with E-state index in [-0.39, 0.29) is 35.3 Å². The topological polar surface area (TPSA) is 60.0 Å². The van der Waals surface area contributed by atoms with Crippen molar-refractivity contribution in [1.29, 1.82) is 0 Å². The smallest absolute Gasteiger partial charge is 0.230 e. The number of carbonyl (C=O) groups is 1. The van der Waals surface area contributed by atoms with Gasteiger partial charge in [-0.2, -0.15) is 0 Å². The van der Waals surface area contributed by atoms with Crippen molar-refractivity contribution >= 4 is 47.2 Å². The fraction of sp³-hybridized carbons (Fsp3) is 0.727. The van der Waals surface area contributed by atoms with Crippen LogP contribution in [0.15, 0.2) is 22.5 Å². The summed E-state index contributed by atoms with van der Waals surface area (Å²) in [5.74, 6) is 1.75. The van der Waals surface area contributed by atoms with Crippen LogP contribution in [-0.4, -0.2) is 69.0 Å². The molecule has 8 heteroatoms. The number of piperidine rings is 1. The molecule has 1 saturated carbocycles. The third-order valence-corrected chi connectivity index (χ3v) is 7.32. The maximum atomic E-state index is 12.7. The second-order valence-corrected chi connectivity index (χ2v) is 9.82. The number of carbonyl (C=O) groups excluding carboxylic acids is 1. The minimum absolute atomic E-state index is 0. The van der Waals surface area contributed by atoms with Gasteiger partial charge < -0.3 is 15.5 Å². The molecule has 170 valence electrons. The number of rotatable bonds is 7. The van der Waals surface area contributed by atoms with E-state index in [1.165, 1.54) is 17.7 Å². The second kappa shape index (κ2) is 12.2. The molecule has 0 radical (unpaired) electrons. The predicted octanol–water partition coefficient (Wildman–Crippen LogP) is 3.39. The van der Waals surface area contributed by atoms with Crippen LogP contribution in [0.4, 0.5) is 0 Å². The summed E-state index contributed by atoms with van der Waals surface area (Å²) in [6.07, 6.45) is 6.65. The minimum Gasteiger partial charge on any atom is -0.356 e. The molecule has 3 rings (SSSR count). The van der Waals surface area contributed by atoms with Crippen LogP contribution in [0.1, 0.15) is 43.4 Å². The van der Waals surface area contributed by atoms with Crippen LogP contribution < -0.4 is 10.6 Å². The number of hydrogen-bond donors (Lipinski definition) is 2. The molecule has 30 heavy (non-hydrogen) atoms. The van der Waals surface area contributed by atoms with E-state index in [0.29, 0.717) is 12.5 Å². The Kier molecular flexibility index (Phi) is 10.4. The Hall–Kier alpha value is -0.870. The molecule has 1 amide bonds. The van der Waals surface area contributed by atoms with Crippen molar-refractivity contribution in [2.45, 2.75) is 45.1 Å². The van der Waals surface area contributed by atoms with Crippen LogP contribution in [0.25, 0.3) is 0 Å². The summed E-state index contributed by atoms with van der Waals surface area (Å²) < 4.78 is 0. The summed E-state index contributed by atoms with van der Waals surface area (Å²) >= 11 is 1.85. The zero-order valence-electron chi connectivity index (χ0n) is 18.7. The first-order chi connectivity index (χ1) is 14.0. The molecule has 0 spiro atoms. The van der Waals surface area contributed by atoms with Crippen molar-refractivity contribution in [2.75, 3.05) is 47.3 Å². The van der Waals surface area contributed by atoms with Crippen molar-refractivity contribution in [3.63, 3.8) is 0 Å². The molecule has 0 atom stereocenters. The monoisotopic (exact) mass is 547 g/mol. The fourth-order valence-corrected chi connectivity index (χ4v) is 5.42. The van der Waals surface area contributed by atoms with Gasteiger partial charge in [0, 0.05) is 45.7 Å². The van der Waals surface area contributed by atoms with Crippen molar-refractivity contribution in [3.8, 4) is 0 Å². The summed E-state index contributed by atoms with van der Waals surface area (Å²) in [6.45, 7) is 5.03. The first kappa shape index (κ1) is 25.4. The molecule has 2 fully saturated rings. The highest BCUT2D eigenvalue weighted by Crippen LogP contribution is 2.38. The lowest BCUT2D eigenvalue weighted by Crippen LogP contribution is -2.50. The van der Waals surface area contributed by atoms with Crippen LogP contribution in [0.5, 0.6) is 0 Å². The van der Waals surface area contributed by atoms with Gasteiger partial charge in [0.15, 0.2) is 5.96 Å². The Morgan fingerprint density at radius 2 is 1.97 bits per heavy atom. The van der Waals surface area contributed by atoms with Crippen LogP contribution in [0.2, 0.25) is 0 Å². The normalized spacial score (nSPS) is 19.9. The molecule has 1 saturated heterocycles. The average molecular weight is 548 g/mol. The second-order valence-electron chi connectivity index (χ2n) is 8.79. The van der Waals surface area contributed by atoms with Gasteiger partial charge in [0.05, 0.1) is 5.41 Å². The van der Waals surface area contributed by atoms with E-state index in [9.17, 15) is 4.79 Å². The summed E-state index contributed by atoms with van der Waals surface area (Å²) in [4.78, 5) is 22.9. The number of likely N-dealkylation sites (tertiary alicyclic amines) is 1. The number of nitrogens with one attached hydrogen (secondary N) is 2. The highest BCUT2D eigenvalue weighted by molar-refractivity contribution is 14.0. The molecule has 1 aliphatic carbocycles. The molecule has 2 heterocycles. The molecule has 6 nitrogen and oxygen atoms in total. The van der Waals surface area contributed by atoms with Crippen molar-refractivity contribution in [2.24, 2.45) is 16.3 Å². The molecule has 0 aromatic carbocycles. The highest BCUT2D eigenvalue weighted by Gasteiger charge is 2.42. The van der Waals surface area contributed by atoms with Gasteiger partial charge in [-0.25, -0.2) is 0 Å². The van der Waals surface area contributed by atoms with E-state index in [4.69, 9.17) is 0 Å². The summed E-state index contributed by atoms with van der Waals surface area (Å²) in [6, 6.07) is 4.36. The van der Waals surface area contributed by atoms with Crippen molar-refractivity contribution in [3.05, 3.63) is 22.4 Å². The van der Waals surface area contributed by atoms with Gasteiger partial charge in [-0.1, -0.05) is 18.9 Å². The first-order valence-corrected chi connectivity index (χ1v) is 11.8. The van der Waals surface area contributed by atoms with Gasteiger partial charge in [-0.3, -0.25) is 14.7 Å². The fourth-order valence-electron chi connectivity index (χ4n) is 4.68. The number of thiophene rings is 1. The third-order valence-electron chi connectivity index (χ3n) is 6.46. The Balaban J connectivity index is 0.00000320. The number of hydrogen-bond acceptors (Lipinski definition) is 4. The molecular formula is C22H38IN5OS. The number of amides is 1. The van der Waals surface area contributed by atoms with E-state index >= 15 is 0 Å². The van der Waals surface area contributed by atoms with E-state index < -0.39 is 0 Å². The van der Waals surface area contributed by atoms with Crippen LogP contribution >= 0.6 is 35.3 Å².